The van der Waals surface area contributed by atoms with Crippen LogP contribution in [0.5, 0.6) is 0 Å². The van der Waals surface area contributed by atoms with Gasteiger partial charge in [0.25, 0.3) is 5.91 Å². The zero-order valence-corrected chi connectivity index (χ0v) is 13.2. The maximum absolute atomic E-state index is 12.3. The Hall–Kier alpha value is -0.950. The van der Waals surface area contributed by atoms with Gasteiger partial charge in [-0.15, -0.1) is 11.3 Å². The van der Waals surface area contributed by atoms with E-state index in [1.807, 2.05) is 4.90 Å². The number of hydrogen-bond donors (Lipinski definition) is 0. The van der Waals surface area contributed by atoms with Gasteiger partial charge in [0.05, 0.1) is 5.51 Å². The highest BCUT2D eigenvalue weighted by Crippen LogP contribution is 2.21. The maximum Gasteiger partial charge on any atom is 0.267 e. The van der Waals surface area contributed by atoms with E-state index >= 15 is 0 Å². The zero-order chi connectivity index (χ0) is 13.9. The van der Waals surface area contributed by atoms with E-state index in [1.54, 1.807) is 16.8 Å². The molecule has 0 N–H and O–H groups in total. The summed E-state index contributed by atoms with van der Waals surface area (Å²) in [4.78, 5) is 21.0. The Morgan fingerprint density at radius 1 is 1.35 bits per heavy atom. The average molecular weight is 328 g/mol. The molecule has 0 radical (unpaired) electrons. The number of thiophene rings is 1. The van der Waals surface area contributed by atoms with Crippen molar-refractivity contribution in [1.29, 1.82) is 0 Å². The van der Waals surface area contributed by atoms with Crippen molar-refractivity contribution in [2.24, 2.45) is 0 Å². The Morgan fingerprint density at radius 3 is 2.75 bits per heavy atom. The Kier molecular flexibility index (Phi) is 4.35. The fourth-order valence-electron chi connectivity index (χ4n) is 2.26. The second kappa shape index (κ2) is 6.22. The summed E-state index contributed by atoms with van der Waals surface area (Å²) in [7, 11) is 0. The Bertz CT molecular complexity index is 576. The summed E-state index contributed by atoms with van der Waals surface area (Å²) in [6.45, 7) is 4.26. The summed E-state index contributed by atoms with van der Waals surface area (Å²) in [5.74, 6) is 0.00711. The second-order valence-electron chi connectivity index (χ2n) is 4.67. The highest BCUT2D eigenvalue weighted by molar-refractivity contribution is 7.12. The molecule has 7 heteroatoms. The molecule has 0 saturated carbocycles. The lowest BCUT2D eigenvalue weighted by Crippen LogP contribution is -2.48. The van der Waals surface area contributed by atoms with Crippen LogP contribution in [0.3, 0.4) is 0 Å². The van der Waals surface area contributed by atoms with Gasteiger partial charge in [0.2, 0.25) is 0 Å². The minimum Gasteiger partial charge on any atom is -0.335 e. The van der Waals surface area contributed by atoms with Crippen molar-refractivity contribution in [3.63, 3.8) is 0 Å². The number of nitrogens with zero attached hydrogens (tertiary/aromatic N) is 3. The van der Waals surface area contributed by atoms with E-state index < -0.39 is 0 Å². The van der Waals surface area contributed by atoms with Crippen LogP contribution in [0.15, 0.2) is 22.3 Å². The van der Waals surface area contributed by atoms with E-state index in [0.717, 1.165) is 32.7 Å². The standard InChI is InChI=1S/C13H14ClN3OS2/c14-12-11(20-9-15-12)13(18)17-4-2-16(3-5-17)7-10-1-6-19-8-10/h1,6,8-9H,2-5,7H2. The van der Waals surface area contributed by atoms with Gasteiger partial charge in [-0.25, -0.2) is 4.98 Å². The minimum atomic E-state index is 0.00711. The van der Waals surface area contributed by atoms with Crippen molar-refractivity contribution in [2.75, 3.05) is 26.2 Å². The van der Waals surface area contributed by atoms with Crippen molar-refractivity contribution in [3.8, 4) is 0 Å². The van der Waals surface area contributed by atoms with Gasteiger partial charge in [-0.3, -0.25) is 9.69 Å². The minimum absolute atomic E-state index is 0.00711. The first-order valence-corrected chi connectivity index (χ1v) is 8.56. The fraction of sp³-hybridized carbons (Fsp3) is 0.385. The van der Waals surface area contributed by atoms with Gasteiger partial charge in [-0.2, -0.15) is 11.3 Å². The lowest BCUT2D eigenvalue weighted by Gasteiger charge is -2.34. The summed E-state index contributed by atoms with van der Waals surface area (Å²) in [5.41, 5.74) is 2.96. The number of aromatic nitrogens is 1. The van der Waals surface area contributed by atoms with Crippen LogP contribution in [0.25, 0.3) is 0 Å². The maximum atomic E-state index is 12.3. The van der Waals surface area contributed by atoms with Crippen LogP contribution in [-0.2, 0) is 6.54 Å². The monoisotopic (exact) mass is 327 g/mol. The van der Waals surface area contributed by atoms with Gasteiger partial charge >= 0.3 is 0 Å². The molecule has 106 valence electrons. The number of halogens is 1. The summed E-state index contributed by atoms with van der Waals surface area (Å²) in [6.07, 6.45) is 0. The quantitative estimate of drug-likeness (QED) is 0.869. The molecule has 3 rings (SSSR count). The van der Waals surface area contributed by atoms with E-state index in [-0.39, 0.29) is 5.91 Å². The molecule has 2 aromatic rings. The van der Waals surface area contributed by atoms with Crippen LogP contribution in [0.4, 0.5) is 0 Å². The Morgan fingerprint density at radius 2 is 2.15 bits per heavy atom. The van der Waals surface area contributed by atoms with Crippen LogP contribution in [0, 0.1) is 0 Å². The molecule has 4 nitrogen and oxygen atoms in total. The predicted octanol–water partition coefficient (Wildman–Crippen LogP) is 2.82. The molecule has 0 aliphatic carbocycles. The molecule has 20 heavy (non-hydrogen) atoms. The van der Waals surface area contributed by atoms with Gasteiger partial charge in [0, 0.05) is 32.7 Å². The predicted molar refractivity (Wildman–Crippen MR) is 82.6 cm³/mol. The van der Waals surface area contributed by atoms with Crippen LogP contribution in [0.1, 0.15) is 15.2 Å². The average Bonchev–Trinajstić information content (AvgIpc) is 3.10. The SMILES string of the molecule is O=C(c1scnc1Cl)N1CCN(Cc2ccsc2)CC1. The van der Waals surface area contributed by atoms with Gasteiger partial charge in [-0.1, -0.05) is 11.6 Å². The van der Waals surface area contributed by atoms with Crippen molar-refractivity contribution < 1.29 is 4.79 Å². The smallest absolute Gasteiger partial charge is 0.267 e. The molecule has 1 fully saturated rings. The number of thiazole rings is 1. The first-order valence-electron chi connectivity index (χ1n) is 6.36. The van der Waals surface area contributed by atoms with E-state index in [4.69, 9.17) is 11.6 Å². The molecule has 1 aliphatic heterocycles. The molecule has 3 heterocycles. The molecule has 1 saturated heterocycles. The summed E-state index contributed by atoms with van der Waals surface area (Å²) < 4.78 is 0. The molecule has 2 aromatic heterocycles. The van der Waals surface area contributed by atoms with E-state index in [9.17, 15) is 4.79 Å². The number of carbonyl (C=O) groups excluding carboxylic acids is 1. The molecular weight excluding hydrogens is 314 g/mol. The van der Waals surface area contributed by atoms with E-state index in [0.29, 0.717) is 10.0 Å². The van der Waals surface area contributed by atoms with Gasteiger partial charge < -0.3 is 4.90 Å². The van der Waals surface area contributed by atoms with Crippen LogP contribution in [0.2, 0.25) is 5.15 Å². The van der Waals surface area contributed by atoms with E-state index in [2.05, 4.69) is 26.7 Å². The highest BCUT2D eigenvalue weighted by Gasteiger charge is 2.24. The van der Waals surface area contributed by atoms with Crippen LogP contribution < -0.4 is 0 Å². The number of rotatable bonds is 3. The van der Waals surface area contributed by atoms with Crippen molar-refractivity contribution in [2.45, 2.75) is 6.54 Å². The number of carbonyl (C=O) groups is 1. The third-order valence-corrected chi connectivity index (χ3v) is 5.31. The first-order chi connectivity index (χ1) is 9.74. The molecular formula is C13H14ClN3OS2. The van der Waals surface area contributed by atoms with Crippen molar-refractivity contribution in [1.82, 2.24) is 14.8 Å². The number of piperazine rings is 1. The first kappa shape index (κ1) is 14.0. The lowest BCUT2D eigenvalue weighted by atomic mass is 10.2. The summed E-state index contributed by atoms with van der Waals surface area (Å²) in [5, 5.41) is 4.59. The number of amides is 1. The molecule has 0 aromatic carbocycles. The van der Waals surface area contributed by atoms with Crippen LogP contribution in [-0.4, -0.2) is 46.9 Å². The highest BCUT2D eigenvalue weighted by atomic mass is 35.5. The summed E-state index contributed by atoms with van der Waals surface area (Å²) >= 11 is 8.95. The Labute approximate surface area is 130 Å². The van der Waals surface area contributed by atoms with Gasteiger partial charge in [0.15, 0.2) is 5.15 Å². The van der Waals surface area contributed by atoms with Gasteiger partial charge in [-0.05, 0) is 22.4 Å². The Balaban J connectivity index is 1.56. The van der Waals surface area contributed by atoms with E-state index in [1.165, 1.54) is 16.9 Å². The second-order valence-corrected chi connectivity index (χ2v) is 6.67. The van der Waals surface area contributed by atoms with Crippen molar-refractivity contribution >= 4 is 40.2 Å². The van der Waals surface area contributed by atoms with Gasteiger partial charge in [0.1, 0.15) is 4.88 Å². The molecule has 1 amide bonds. The summed E-state index contributed by atoms with van der Waals surface area (Å²) in [6, 6.07) is 2.15. The fourth-order valence-corrected chi connectivity index (χ4v) is 3.89. The molecule has 0 spiro atoms. The molecule has 0 bridgehead atoms. The third kappa shape index (κ3) is 3.03. The van der Waals surface area contributed by atoms with Crippen LogP contribution >= 0.6 is 34.3 Å². The topological polar surface area (TPSA) is 36.4 Å². The number of hydrogen-bond acceptors (Lipinski definition) is 5. The molecule has 0 unspecified atom stereocenters. The van der Waals surface area contributed by atoms with Crippen molar-refractivity contribution in [3.05, 3.63) is 37.9 Å². The molecule has 0 atom stereocenters. The lowest BCUT2D eigenvalue weighted by molar-refractivity contribution is 0.0633. The normalized spacial score (nSPS) is 16.6. The molecule has 1 aliphatic rings. The third-order valence-electron chi connectivity index (χ3n) is 3.36. The zero-order valence-electron chi connectivity index (χ0n) is 10.8. The largest absolute Gasteiger partial charge is 0.335 e.